The Hall–Kier alpha value is -1.18. The first kappa shape index (κ1) is 15.2. The molecule has 1 amide bonds. The highest BCUT2D eigenvalue weighted by Gasteiger charge is 2.17. The van der Waals surface area contributed by atoms with Crippen molar-refractivity contribution < 1.29 is 4.79 Å². The van der Waals surface area contributed by atoms with E-state index in [1.807, 2.05) is 12.3 Å². The highest BCUT2D eigenvalue weighted by atomic mass is 35.5. The number of rotatable bonds is 5. The van der Waals surface area contributed by atoms with E-state index in [1.54, 1.807) is 31.1 Å². The lowest BCUT2D eigenvalue weighted by Crippen LogP contribution is -2.26. The average molecular weight is 329 g/mol. The lowest BCUT2D eigenvalue weighted by atomic mass is 10.3. The predicted octanol–water partition coefficient (Wildman–Crippen LogP) is 2.97. The molecule has 2 aromatic heterocycles. The largest absolute Gasteiger partial charge is 0.290 e. The lowest BCUT2D eigenvalue weighted by Gasteiger charge is -2.12. The van der Waals surface area contributed by atoms with E-state index < -0.39 is 0 Å². The van der Waals surface area contributed by atoms with Crippen molar-refractivity contribution in [3.05, 3.63) is 23.5 Å². The van der Waals surface area contributed by atoms with E-state index >= 15 is 0 Å². The van der Waals surface area contributed by atoms with Crippen LogP contribution in [0.25, 0.3) is 10.6 Å². The highest BCUT2D eigenvalue weighted by Crippen LogP contribution is 2.31. The molecule has 0 N–H and O–H groups in total. The quantitative estimate of drug-likeness (QED) is 0.790. The first-order valence-electron chi connectivity index (χ1n) is 5.83. The van der Waals surface area contributed by atoms with E-state index in [4.69, 9.17) is 11.6 Å². The van der Waals surface area contributed by atoms with Gasteiger partial charge in [-0.3, -0.25) is 9.69 Å². The van der Waals surface area contributed by atoms with Gasteiger partial charge in [-0.15, -0.1) is 10.2 Å². The van der Waals surface area contributed by atoms with Crippen molar-refractivity contribution in [1.29, 1.82) is 0 Å². The number of anilines is 1. The maximum Gasteiger partial charge on any atom is 0.229 e. The molecular weight excluding hydrogens is 316 g/mol. The smallest absolute Gasteiger partial charge is 0.229 e. The van der Waals surface area contributed by atoms with Crippen molar-refractivity contribution in [3.8, 4) is 10.6 Å². The summed E-state index contributed by atoms with van der Waals surface area (Å²) in [5.41, 5.74) is 0.725. The molecule has 5 nitrogen and oxygen atoms in total. The Balaban J connectivity index is 2.17. The van der Waals surface area contributed by atoms with E-state index in [9.17, 15) is 4.79 Å². The van der Waals surface area contributed by atoms with Crippen LogP contribution in [0, 0.1) is 0 Å². The van der Waals surface area contributed by atoms with E-state index in [1.165, 1.54) is 16.2 Å². The Morgan fingerprint density at radius 3 is 3.00 bits per heavy atom. The van der Waals surface area contributed by atoms with Crippen LogP contribution >= 0.6 is 34.7 Å². The summed E-state index contributed by atoms with van der Waals surface area (Å²) in [5, 5.41) is 9.72. The number of hydrogen-bond acceptors (Lipinski definition) is 6. The fourth-order valence-electron chi connectivity index (χ4n) is 1.47. The predicted molar refractivity (Wildman–Crippen MR) is 84.6 cm³/mol. The molecule has 0 aliphatic rings. The topological polar surface area (TPSA) is 59.0 Å². The number of carbonyl (C=O) groups is 1. The minimum Gasteiger partial charge on any atom is -0.290 e. The molecule has 0 unspecified atom stereocenters. The fraction of sp³-hybridized carbons (Fsp3) is 0.333. The van der Waals surface area contributed by atoms with Crippen molar-refractivity contribution in [1.82, 2.24) is 15.2 Å². The van der Waals surface area contributed by atoms with E-state index in [0.717, 1.165) is 11.3 Å². The van der Waals surface area contributed by atoms with Gasteiger partial charge in [-0.05, 0) is 18.4 Å². The monoisotopic (exact) mass is 328 g/mol. The van der Waals surface area contributed by atoms with Gasteiger partial charge in [-0.25, -0.2) is 4.98 Å². The molecule has 8 heteroatoms. The Morgan fingerprint density at radius 2 is 2.30 bits per heavy atom. The molecular formula is C12H13ClN4OS2. The third kappa shape index (κ3) is 3.47. The Labute approximate surface area is 130 Å². The maximum atomic E-state index is 11.9. The first-order valence-corrected chi connectivity index (χ1v) is 8.42. The highest BCUT2D eigenvalue weighted by molar-refractivity contribution is 7.98. The van der Waals surface area contributed by atoms with Crippen LogP contribution in [-0.4, -0.2) is 40.1 Å². The van der Waals surface area contributed by atoms with Crippen molar-refractivity contribution in [2.24, 2.45) is 0 Å². The first-order chi connectivity index (χ1) is 9.63. The van der Waals surface area contributed by atoms with Gasteiger partial charge in [-0.2, -0.15) is 11.8 Å². The van der Waals surface area contributed by atoms with Gasteiger partial charge in [0.25, 0.3) is 0 Å². The summed E-state index contributed by atoms with van der Waals surface area (Å²) in [6.45, 7) is 0. The van der Waals surface area contributed by atoms with Crippen LogP contribution in [-0.2, 0) is 4.79 Å². The van der Waals surface area contributed by atoms with E-state index in [-0.39, 0.29) is 5.91 Å². The van der Waals surface area contributed by atoms with Crippen molar-refractivity contribution in [2.75, 3.05) is 24.0 Å². The zero-order chi connectivity index (χ0) is 14.5. The molecule has 0 bridgehead atoms. The second-order valence-electron chi connectivity index (χ2n) is 3.93. The van der Waals surface area contributed by atoms with Gasteiger partial charge in [0.1, 0.15) is 5.15 Å². The van der Waals surface area contributed by atoms with Crippen LogP contribution < -0.4 is 4.90 Å². The fourth-order valence-corrected chi connectivity index (χ4v) is 2.96. The van der Waals surface area contributed by atoms with Gasteiger partial charge in [-0.1, -0.05) is 22.9 Å². The molecule has 0 saturated carbocycles. The molecule has 20 heavy (non-hydrogen) atoms. The number of pyridine rings is 1. The SMILES string of the molecule is CSCCC(=O)N(C)c1nnc(-c2cccnc2Cl)s1. The molecule has 2 heterocycles. The number of aromatic nitrogens is 3. The average Bonchev–Trinajstić information content (AvgIpc) is 2.94. The number of halogens is 1. The van der Waals surface area contributed by atoms with Crippen LogP contribution in [0.5, 0.6) is 0 Å². The van der Waals surface area contributed by atoms with Gasteiger partial charge >= 0.3 is 0 Å². The van der Waals surface area contributed by atoms with Crippen molar-refractivity contribution in [3.63, 3.8) is 0 Å². The number of carbonyl (C=O) groups excluding carboxylic acids is 1. The summed E-state index contributed by atoms with van der Waals surface area (Å²) in [5.74, 6) is 0.822. The number of hydrogen-bond donors (Lipinski definition) is 0. The summed E-state index contributed by atoms with van der Waals surface area (Å²) >= 11 is 8.99. The zero-order valence-corrected chi connectivity index (χ0v) is 13.4. The van der Waals surface area contributed by atoms with Gasteiger partial charge < -0.3 is 0 Å². The summed E-state index contributed by atoms with van der Waals surface area (Å²) in [7, 11) is 1.71. The van der Waals surface area contributed by atoms with E-state index in [2.05, 4.69) is 15.2 Å². The zero-order valence-electron chi connectivity index (χ0n) is 11.0. The van der Waals surface area contributed by atoms with Crippen LogP contribution in [0.2, 0.25) is 5.15 Å². The summed E-state index contributed by atoms with van der Waals surface area (Å²) < 4.78 is 0. The minimum atomic E-state index is 0.0272. The van der Waals surface area contributed by atoms with Gasteiger partial charge in [0, 0.05) is 31.0 Å². The van der Waals surface area contributed by atoms with Crippen molar-refractivity contribution in [2.45, 2.75) is 6.42 Å². The Kier molecular flexibility index (Phi) is 5.33. The third-order valence-electron chi connectivity index (χ3n) is 2.58. The molecule has 2 rings (SSSR count). The second-order valence-corrected chi connectivity index (χ2v) is 6.23. The molecule has 0 aliphatic carbocycles. The third-order valence-corrected chi connectivity index (χ3v) is 4.53. The molecule has 0 aromatic carbocycles. The standard InChI is InChI=1S/C12H13ClN4OS2/c1-17(9(18)5-7-19-2)12-16-15-11(20-12)8-4-3-6-14-10(8)13/h3-4,6H,5,7H2,1-2H3. The van der Waals surface area contributed by atoms with Gasteiger partial charge in [0.05, 0.1) is 0 Å². The number of nitrogens with zero attached hydrogens (tertiary/aromatic N) is 4. The second kappa shape index (κ2) is 7.01. The lowest BCUT2D eigenvalue weighted by molar-refractivity contribution is -0.117. The van der Waals surface area contributed by atoms with Crippen LogP contribution in [0.1, 0.15) is 6.42 Å². The minimum absolute atomic E-state index is 0.0272. The molecule has 0 saturated heterocycles. The molecule has 0 atom stereocenters. The Bertz CT molecular complexity index is 605. The number of thioether (sulfide) groups is 1. The molecule has 106 valence electrons. The van der Waals surface area contributed by atoms with Crippen LogP contribution in [0.15, 0.2) is 18.3 Å². The molecule has 0 spiro atoms. The molecule has 2 aromatic rings. The van der Waals surface area contributed by atoms with Crippen molar-refractivity contribution >= 4 is 45.7 Å². The molecule has 0 radical (unpaired) electrons. The summed E-state index contributed by atoms with van der Waals surface area (Å²) in [6.07, 6.45) is 4.08. The van der Waals surface area contributed by atoms with E-state index in [0.29, 0.717) is 21.7 Å². The normalized spacial score (nSPS) is 10.6. The maximum absolute atomic E-state index is 11.9. The molecule has 0 fully saturated rings. The number of amides is 1. The van der Waals surface area contributed by atoms with Gasteiger partial charge in [0.15, 0.2) is 5.01 Å². The molecule has 0 aliphatic heterocycles. The summed E-state index contributed by atoms with van der Waals surface area (Å²) in [4.78, 5) is 17.5. The summed E-state index contributed by atoms with van der Waals surface area (Å²) in [6, 6.07) is 3.62. The van der Waals surface area contributed by atoms with Crippen LogP contribution in [0.4, 0.5) is 5.13 Å². The Morgan fingerprint density at radius 1 is 1.50 bits per heavy atom. The van der Waals surface area contributed by atoms with Gasteiger partial charge in [0.2, 0.25) is 11.0 Å². The van der Waals surface area contributed by atoms with Crippen LogP contribution in [0.3, 0.4) is 0 Å².